The van der Waals surface area contributed by atoms with Crippen LogP contribution in [0, 0.1) is 0 Å². The van der Waals surface area contributed by atoms with Crippen LogP contribution < -0.4 is 0 Å². The monoisotopic (exact) mass is 362 g/mol. The highest BCUT2D eigenvalue weighted by Gasteiger charge is 2.23. The van der Waals surface area contributed by atoms with Crippen LogP contribution in [0.1, 0.15) is 29.5 Å². The SMILES string of the molecule is CN(C)C(=O)C[C@H](O)c1cc2n(n1)CCN(Cc1ccc(Cl)cc1)C2. The van der Waals surface area contributed by atoms with Gasteiger partial charge in [-0.15, -0.1) is 0 Å². The van der Waals surface area contributed by atoms with E-state index in [1.807, 2.05) is 35.0 Å². The smallest absolute Gasteiger partial charge is 0.225 e. The summed E-state index contributed by atoms with van der Waals surface area (Å²) in [5.41, 5.74) is 2.85. The maximum atomic E-state index is 11.8. The van der Waals surface area contributed by atoms with Gasteiger partial charge in [0.1, 0.15) is 6.10 Å². The molecule has 0 saturated heterocycles. The number of hydrogen-bond acceptors (Lipinski definition) is 4. The van der Waals surface area contributed by atoms with Gasteiger partial charge in [-0.05, 0) is 23.8 Å². The van der Waals surface area contributed by atoms with Crippen LogP contribution in [0.5, 0.6) is 0 Å². The van der Waals surface area contributed by atoms with Gasteiger partial charge in [0.05, 0.1) is 24.4 Å². The van der Waals surface area contributed by atoms with Gasteiger partial charge in [0.15, 0.2) is 0 Å². The molecule has 0 saturated carbocycles. The van der Waals surface area contributed by atoms with Crippen molar-refractivity contribution in [2.24, 2.45) is 0 Å². The van der Waals surface area contributed by atoms with Gasteiger partial charge in [0.2, 0.25) is 5.91 Å². The first-order valence-electron chi connectivity index (χ1n) is 8.34. The Morgan fingerprint density at radius 1 is 1.32 bits per heavy atom. The molecule has 25 heavy (non-hydrogen) atoms. The second-order valence-corrected chi connectivity index (χ2v) is 7.07. The molecule has 0 bridgehead atoms. The first kappa shape index (κ1) is 17.9. The number of aliphatic hydroxyl groups excluding tert-OH is 1. The van der Waals surface area contributed by atoms with E-state index in [0.29, 0.717) is 5.69 Å². The number of nitrogens with zero attached hydrogens (tertiary/aromatic N) is 4. The number of aromatic nitrogens is 2. The van der Waals surface area contributed by atoms with Crippen LogP contribution in [-0.4, -0.2) is 51.2 Å². The molecule has 6 nitrogen and oxygen atoms in total. The van der Waals surface area contributed by atoms with Gasteiger partial charge >= 0.3 is 0 Å². The minimum Gasteiger partial charge on any atom is -0.386 e. The normalized spacial score (nSPS) is 15.7. The Kier molecular flexibility index (Phi) is 5.42. The van der Waals surface area contributed by atoms with Crippen LogP contribution in [0.4, 0.5) is 0 Å². The number of carbonyl (C=O) groups is 1. The maximum Gasteiger partial charge on any atom is 0.225 e. The predicted molar refractivity (Wildman–Crippen MR) is 96.1 cm³/mol. The van der Waals surface area contributed by atoms with E-state index in [0.717, 1.165) is 36.9 Å². The molecule has 2 aromatic rings. The van der Waals surface area contributed by atoms with Gasteiger partial charge < -0.3 is 10.0 Å². The first-order chi connectivity index (χ1) is 11.9. The van der Waals surface area contributed by atoms with Gasteiger partial charge in [-0.2, -0.15) is 5.10 Å². The van der Waals surface area contributed by atoms with Gasteiger partial charge in [-0.25, -0.2) is 0 Å². The zero-order valence-electron chi connectivity index (χ0n) is 14.5. The van der Waals surface area contributed by atoms with Crippen molar-refractivity contribution in [1.82, 2.24) is 19.6 Å². The summed E-state index contributed by atoms with van der Waals surface area (Å²) in [7, 11) is 3.36. The summed E-state index contributed by atoms with van der Waals surface area (Å²) < 4.78 is 1.93. The summed E-state index contributed by atoms with van der Waals surface area (Å²) >= 11 is 5.93. The molecule has 0 spiro atoms. The topological polar surface area (TPSA) is 61.6 Å². The molecular formula is C18H23ClN4O2. The van der Waals surface area contributed by atoms with E-state index in [1.165, 1.54) is 10.5 Å². The number of amides is 1. The second-order valence-electron chi connectivity index (χ2n) is 6.63. The highest BCUT2D eigenvalue weighted by atomic mass is 35.5. The standard InChI is InChI=1S/C18H23ClN4O2/c1-21(2)18(25)10-17(24)16-9-15-12-22(7-8-23(15)20-16)11-13-3-5-14(19)6-4-13/h3-6,9,17,24H,7-8,10-12H2,1-2H3/t17-/m0/s1. The van der Waals surface area contributed by atoms with Crippen LogP contribution in [0.25, 0.3) is 0 Å². The molecule has 1 atom stereocenters. The van der Waals surface area contributed by atoms with Crippen molar-refractivity contribution in [3.63, 3.8) is 0 Å². The molecule has 0 radical (unpaired) electrons. The fraction of sp³-hybridized carbons (Fsp3) is 0.444. The Balaban J connectivity index is 1.64. The Morgan fingerprint density at radius 2 is 2.04 bits per heavy atom. The average molecular weight is 363 g/mol. The lowest BCUT2D eigenvalue weighted by atomic mass is 10.1. The summed E-state index contributed by atoms with van der Waals surface area (Å²) in [5.74, 6) is -0.108. The molecule has 134 valence electrons. The zero-order chi connectivity index (χ0) is 18.0. The van der Waals surface area contributed by atoms with Crippen LogP contribution in [0.15, 0.2) is 30.3 Å². The predicted octanol–water partition coefficient (Wildman–Crippen LogP) is 2.06. The Bertz CT molecular complexity index is 742. The van der Waals surface area contributed by atoms with E-state index in [1.54, 1.807) is 14.1 Å². The van der Waals surface area contributed by atoms with Crippen molar-refractivity contribution in [2.45, 2.75) is 32.2 Å². The van der Waals surface area contributed by atoms with Crippen LogP contribution in [-0.2, 0) is 24.4 Å². The van der Waals surface area contributed by atoms with Crippen molar-refractivity contribution >= 4 is 17.5 Å². The lowest BCUT2D eigenvalue weighted by molar-refractivity contribution is -0.130. The van der Waals surface area contributed by atoms with E-state index in [-0.39, 0.29) is 12.3 Å². The summed E-state index contributed by atoms with van der Waals surface area (Å²) in [6, 6.07) is 9.79. The number of halogens is 1. The van der Waals surface area contributed by atoms with Crippen LogP contribution in [0.3, 0.4) is 0 Å². The maximum absolute atomic E-state index is 11.8. The van der Waals surface area contributed by atoms with Crippen LogP contribution in [0.2, 0.25) is 5.02 Å². The van der Waals surface area contributed by atoms with Crippen molar-refractivity contribution in [3.8, 4) is 0 Å². The summed E-state index contributed by atoms with van der Waals surface area (Å²) in [6.45, 7) is 3.28. The third-order valence-electron chi connectivity index (χ3n) is 4.42. The molecule has 1 aromatic carbocycles. The first-order valence-corrected chi connectivity index (χ1v) is 8.72. The Hall–Kier alpha value is -1.89. The van der Waals surface area contributed by atoms with Gasteiger partial charge in [-0.1, -0.05) is 23.7 Å². The van der Waals surface area contributed by atoms with Gasteiger partial charge in [0.25, 0.3) is 0 Å². The largest absolute Gasteiger partial charge is 0.386 e. The third kappa shape index (κ3) is 4.39. The average Bonchev–Trinajstić information content (AvgIpc) is 3.00. The summed E-state index contributed by atoms with van der Waals surface area (Å²) in [4.78, 5) is 15.6. The quantitative estimate of drug-likeness (QED) is 0.884. The molecule has 1 amide bonds. The lowest BCUT2D eigenvalue weighted by Gasteiger charge is -2.27. The van der Waals surface area contributed by atoms with Crippen molar-refractivity contribution in [1.29, 1.82) is 0 Å². The number of aliphatic hydroxyl groups is 1. The van der Waals surface area contributed by atoms with E-state index in [9.17, 15) is 9.90 Å². The molecule has 7 heteroatoms. The molecular weight excluding hydrogens is 340 g/mol. The molecule has 2 heterocycles. The third-order valence-corrected chi connectivity index (χ3v) is 4.68. The van der Waals surface area contributed by atoms with Crippen molar-refractivity contribution in [3.05, 3.63) is 52.3 Å². The molecule has 1 aliphatic heterocycles. The van der Waals surface area contributed by atoms with Gasteiger partial charge in [0, 0.05) is 38.8 Å². The highest BCUT2D eigenvalue weighted by molar-refractivity contribution is 6.30. The lowest BCUT2D eigenvalue weighted by Crippen LogP contribution is -2.33. The van der Waals surface area contributed by atoms with E-state index < -0.39 is 6.10 Å². The molecule has 1 N–H and O–H groups in total. The minimum atomic E-state index is -0.863. The second kappa shape index (κ2) is 7.56. The molecule has 3 rings (SSSR count). The van der Waals surface area contributed by atoms with Crippen LogP contribution >= 0.6 is 11.6 Å². The fourth-order valence-corrected chi connectivity index (χ4v) is 3.07. The van der Waals surface area contributed by atoms with E-state index >= 15 is 0 Å². The Labute approximate surface area is 152 Å². The number of hydrogen-bond donors (Lipinski definition) is 1. The fourth-order valence-electron chi connectivity index (χ4n) is 2.94. The summed E-state index contributed by atoms with van der Waals surface area (Å²) in [5, 5.41) is 15.5. The Morgan fingerprint density at radius 3 is 2.72 bits per heavy atom. The summed E-state index contributed by atoms with van der Waals surface area (Å²) in [6.07, 6.45) is -0.810. The minimum absolute atomic E-state index is 0.0535. The molecule has 1 aliphatic rings. The van der Waals surface area contributed by atoms with Crippen molar-refractivity contribution in [2.75, 3.05) is 20.6 Å². The number of rotatable bonds is 5. The van der Waals surface area contributed by atoms with E-state index in [2.05, 4.69) is 10.00 Å². The van der Waals surface area contributed by atoms with Crippen molar-refractivity contribution < 1.29 is 9.90 Å². The van der Waals surface area contributed by atoms with E-state index in [4.69, 9.17) is 11.6 Å². The number of benzene rings is 1. The van der Waals surface area contributed by atoms with Gasteiger partial charge in [-0.3, -0.25) is 14.4 Å². The number of carbonyl (C=O) groups excluding carboxylic acids is 1. The molecule has 0 aliphatic carbocycles. The molecule has 0 unspecified atom stereocenters. The highest BCUT2D eigenvalue weighted by Crippen LogP contribution is 2.22. The molecule has 0 fully saturated rings. The number of fused-ring (bicyclic) bond motifs is 1. The molecule has 1 aromatic heterocycles. The zero-order valence-corrected chi connectivity index (χ0v) is 15.3.